The van der Waals surface area contributed by atoms with E-state index in [1.165, 1.54) is 11.3 Å². The lowest BCUT2D eigenvalue weighted by molar-refractivity contribution is -0.141. The number of thiophene rings is 1. The van der Waals surface area contributed by atoms with E-state index in [1.807, 2.05) is 30.3 Å². The van der Waals surface area contributed by atoms with E-state index in [1.54, 1.807) is 13.8 Å². The van der Waals surface area contributed by atoms with E-state index in [0.29, 0.717) is 4.88 Å². The molecule has 1 amide bonds. The Kier molecular flexibility index (Phi) is 3.85. The molecule has 1 aromatic heterocycles. The van der Waals surface area contributed by atoms with E-state index in [0.717, 1.165) is 10.1 Å². The molecule has 0 saturated heterocycles. The Bertz CT molecular complexity index is 587. The van der Waals surface area contributed by atoms with Crippen LogP contribution in [-0.4, -0.2) is 23.0 Å². The summed E-state index contributed by atoms with van der Waals surface area (Å²) in [6, 6.07) is 9.18. The fourth-order valence-electron chi connectivity index (χ4n) is 1.71. The van der Waals surface area contributed by atoms with E-state index in [2.05, 4.69) is 5.32 Å². The van der Waals surface area contributed by atoms with E-state index < -0.39 is 17.9 Å². The van der Waals surface area contributed by atoms with Crippen LogP contribution in [0.2, 0.25) is 0 Å². The van der Waals surface area contributed by atoms with Gasteiger partial charge in [-0.05, 0) is 31.4 Å². The van der Waals surface area contributed by atoms with Gasteiger partial charge in [-0.2, -0.15) is 0 Å². The molecular weight excluding hydrogens is 262 g/mol. The van der Waals surface area contributed by atoms with Gasteiger partial charge in [-0.1, -0.05) is 18.2 Å². The highest BCUT2D eigenvalue weighted by molar-refractivity contribution is 7.20. The first kappa shape index (κ1) is 13.5. The number of benzene rings is 1. The van der Waals surface area contributed by atoms with Gasteiger partial charge in [0.1, 0.15) is 0 Å². The molecule has 1 aromatic carbocycles. The second kappa shape index (κ2) is 5.40. The summed E-state index contributed by atoms with van der Waals surface area (Å²) in [7, 11) is 0. The molecule has 0 aliphatic carbocycles. The van der Waals surface area contributed by atoms with Crippen LogP contribution in [0.1, 0.15) is 23.5 Å². The number of fused-ring (bicyclic) bond motifs is 1. The highest BCUT2D eigenvalue weighted by atomic mass is 32.1. The van der Waals surface area contributed by atoms with E-state index in [9.17, 15) is 9.59 Å². The van der Waals surface area contributed by atoms with Gasteiger partial charge in [0.25, 0.3) is 5.91 Å². The number of nitrogens with one attached hydrogen (secondary N) is 1. The van der Waals surface area contributed by atoms with E-state index in [4.69, 9.17) is 5.11 Å². The maximum Gasteiger partial charge on any atom is 0.308 e. The molecule has 0 fully saturated rings. The quantitative estimate of drug-likeness (QED) is 0.903. The fraction of sp³-hybridized carbons (Fsp3) is 0.286. The lowest BCUT2D eigenvalue weighted by atomic mass is 10.0. The molecule has 0 saturated carbocycles. The van der Waals surface area contributed by atoms with Crippen molar-refractivity contribution in [3.63, 3.8) is 0 Å². The van der Waals surface area contributed by atoms with Crippen molar-refractivity contribution in [3.05, 3.63) is 35.2 Å². The zero-order valence-electron chi connectivity index (χ0n) is 10.7. The van der Waals surface area contributed by atoms with Gasteiger partial charge in [-0.15, -0.1) is 11.3 Å². The van der Waals surface area contributed by atoms with Gasteiger partial charge in [0, 0.05) is 10.7 Å². The van der Waals surface area contributed by atoms with Crippen LogP contribution in [-0.2, 0) is 4.79 Å². The van der Waals surface area contributed by atoms with Gasteiger partial charge in [0.05, 0.1) is 10.8 Å². The highest BCUT2D eigenvalue weighted by Gasteiger charge is 2.22. The van der Waals surface area contributed by atoms with Crippen molar-refractivity contribution < 1.29 is 14.7 Å². The molecule has 5 heteroatoms. The zero-order chi connectivity index (χ0) is 14.0. The van der Waals surface area contributed by atoms with Crippen molar-refractivity contribution in [2.24, 2.45) is 5.92 Å². The molecule has 4 nitrogen and oxygen atoms in total. The van der Waals surface area contributed by atoms with Crippen LogP contribution < -0.4 is 5.32 Å². The molecule has 2 aromatic rings. The molecule has 2 unspecified atom stereocenters. The molecule has 1 heterocycles. The van der Waals surface area contributed by atoms with Crippen molar-refractivity contribution in [2.45, 2.75) is 19.9 Å². The normalized spacial score (nSPS) is 14.0. The third-order valence-corrected chi connectivity index (χ3v) is 4.26. The van der Waals surface area contributed by atoms with E-state index >= 15 is 0 Å². The first-order valence-corrected chi connectivity index (χ1v) is 6.83. The van der Waals surface area contributed by atoms with Crippen LogP contribution in [0.15, 0.2) is 30.3 Å². The number of carboxylic acids is 1. The minimum absolute atomic E-state index is 0.221. The highest BCUT2D eigenvalue weighted by Crippen LogP contribution is 2.25. The Morgan fingerprint density at radius 3 is 2.58 bits per heavy atom. The minimum Gasteiger partial charge on any atom is -0.481 e. The number of carbonyl (C=O) groups excluding carboxylic acids is 1. The number of amides is 1. The smallest absolute Gasteiger partial charge is 0.308 e. The van der Waals surface area contributed by atoms with Crippen LogP contribution in [0.5, 0.6) is 0 Å². The number of carbonyl (C=O) groups is 2. The van der Waals surface area contributed by atoms with Gasteiger partial charge in [-0.3, -0.25) is 9.59 Å². The zero-order valence-corrected chi connectivity index (χ0v) is 11.5. The summed E-state index contributed by atoms with van der Waals surface area (Å²) in [6.07, 6.45) is 0. The summed E-state index contributed by atoms with van der Waals surface area (Å²) in [4.78, 5) is 23.5. The van der Waals surface area contributed by atoms with Crippen LogP contribution in [0, 0.1) is 5.92 Å². The van der Waals surface area contributed by atoms with Crippen LogP contribution in [0.25, 0.3) is 10.1 Å². The number of rotatable bonds is 4. The summed E-state index contributed by atoms with van der Waals surface area (Å²) in [5, 5.41) is 12.7. The molecule has 2 atom stereocenters. The maximum absolute atomic E-state index is 12.1. The molecule has 0 spiro atoms. The summed E-state index contributed by atoms with van der Waals surface area (Å²) >= 11 is 1.41. The molecule has 0 aliphatic heterocycles. The molecule has 0 aliphatic rings. The topological polar surface area (TPSA) is 66.4 Å². The third-order valence-electron chi connectivity index (χ3n) is 3.15. The number of carboxylic acid groups (broad SMARTS) is 1. The second-order valence-corrected chi connectivity index (χ2v) is 5.62. The summed E-state index contributed by atoms with van der Waals surface area (Å²) in [5.41, 5.74) is 0. The first-order valence-electron chi connectivity index (χ1n) is 6.01. The molecule has 19 heavy (non-hydrogen) atoms. The van der Waals surface area contributed by atoms with Crippen LogP contribution >= 0.6 is 11.3 Å². The van der Waals surface area contributed by atoms with Gasteiger partial charge >= 0.3 is 5.97 Å². The van der Waals surface area contributed by atoms with Gasteiger partial charge in [0.15, 0.2) is 0 Å². The Balaban J connectivity index is 2.13. The minimum atomic E-state index is -0.913. The van der Waals surface area contributed by atoms with E-state index in [-0.39, 0.29) is 5.91 Å². The predicted octanol–water partition coefficient (Wildman–Crippen LogP) is 2.74. The van der Waals surface area contributed by atoms with Crippen molar-refractivity contribution in [2.75, 3.05) is 0 Å². The lowest BCUT2D eigenvalue weighted by Crippen LogP contribution is -2.39. The number of hydrogen-bond acceptors (Lipinski definition) is 3. The monoisotopic (exact) mass is 277 g/mol. The Morgan fingerprint density at radius 1 is 1.26 bits per heavy atom. The third kappa shape index (κ3) is 2.93. The molecule has 100 valence electrons. The van der Waals surface area contributed by atoms with Gasteiger partial charge in [-0.25, -0.2) is 0 Å². The molecule has 2 rings (SSSR count). The summed E-state index contributed by atoms with van der Waals surface area (Å²) < 4.78 is 1.05. The number of aliphatic carboxylic acids is 1. The van der Waals surface area contributed by atoms with Gasteiger partial charge < -0.3 is 10.4 Å². The molecule has 0 radical (unpaired) electrons. The van der Waals surface area contributed by atoms with Crippen molar-refractivity contribution >= 4 is 33.3 Å². The predicted molar refractivity (Wildman–Crippen MR) is 75.6 cm³/mol. The molecule has 2 N–H and O–H groups in total. The number of hydrogen-bond donors (Lipinski definition) is 2. The Morgan fingerprint density at radius 2 is 1.95 bits per heavy atom. The SMILES string of the molecule is CC(NC(=O)c1cc2ccccc2s1)C(C)C(=O)O. The lowest BCUT2D eigenvalue weighted by Gasteiger charge is -2.16. The van der Waals surface area contributed by atoms with Gasteiger partial charge in [0.2, 0.25) is 0 Å². The van der Waals surface area contributed by atoms with Crippen molar-refractivity contribution in [1.82, 2.24) is 5.32 Å². The largest absolute Gasteiger partial charge is 0.481 e. The summed E-state index contributed by atoms with van der Waals surface area (Å²) in [5.74, 6) is -1.75. The first-order chi connectivity index (χ1) is 8.99. The average Bonchev–Trinajstić information content (AvgIpc) is 2.81. The molecular formula is C14H15NO3S. The maximum atomic E-state index is 12.1. The van der Waals surface area contributed by atoms with Crippen molar-refractivity contribution in [1.29, 1.82) is 0 Å². The second-order valence-electron chi connectivity index (χ2n) is 4.54. The van der Waals surface area contributed by atoms with Crippen LogP contribution in [0.4, 0.5) is 0 Å². The average molecular weight is 277 g/mol. The Hall–Kier alpha value is -1.88. The summed E-state index contributed by atoms with van der Waals surface area (Å²) in [6.45, 7) is 3.28. The van der Waals surface area contributed by atoms with Crippen LogP contribution in [0.3, 0.4) is 0 Å². The molecule has 0 bridgehead atoms. The fourth-order valence-corrected chi connectivity index (χ4v) is 2.68. The Labute approximate surface area is 115 Å². The van der Waals surface area contributed by atoms with Crippen molar-refractivity contribution in [3.8, 4) is 0 Å². The standard InChI is InChI=1S/C14H15NO3S/c1-8(14(17)18)9(2)15-13(16)12-7-10-5-3-4-6-11(10)19-12/h3-9H,1-2H3,(H,15,16)(H,17,18).